The van der Waals surface area contributed by atoms with E-state index in [1.165, 1.54) is 0 Å². The van der Waals surface area contributed by atoms with E-state index in [0.717, 1.165) is 5.56 Å². The molecule has 0 aromatic heterocycles. The Morgan fingerprint density at radius 2 is 1.80 bits per heavy atom. The van der Waals surface area contributed by atoms with Crippen LogP contribution in [-0.2, 0) is 9.59 Å². The lowest BCUT2D eigenvalue weighted by Crippen LogP contribution is -2.28. The summed E-state index contributed by atoms with van der Waals surface area (Å²) in [6.07, 6.45) is 0.144. The van der Waals surface area contributed by atoms with Crippen molar-refractivity contribution in [2.45, 2.75) is 13.3 Å². The van der Waals surface area contributed by atoms with Gasteiger partial charge in [0, 0.05) is 39.4 Å². The largest absolute Gasteiger partial charge is 0.326 e. The molecule has 0 radical (unpaired) electrons. The molecule has 4 nitrogen and oxygen atoms in total. The van der Waals surface area contributed by atoms with Gasteiger partial charge in [-0.1, -0.05) is 40.9 Å². The van der Waals surface area contributed by atoms with Gasteiger partial charge in [-0.25, -0.2) is 0 Å². The van der Waals surface area contributed by atoms with Crippen molar-refractivity contribution in [2.75, 3.05) is 16.8 Å². The van der Waals surface area contributed by atoms with Gasteiger partial charge in [-0.15, -0.1) is 0 Å². The summed E-state index contributed by atoms with van der Waals surface area (Å²) in [5, 5.41) is 4.22. The van der Waals surface area contributed by atoms with Crippen LogP contribution in [0.25, 0.3) is 0 Å². The van der Waals surface area contributed by atoms with Crippen LogP contribution in [0.2, 0.25) is 15.1 Å². The average Bonchev–Trinajstić information content (AvgIpc) is 2.91. The zero-order chi connectivity index (χ0) is 18.1. The Morgan fingerprint density at radius 1 is 1.12 bits per heavy atom. The number of hydrogen-bond acceptors (Lipinski definition) is 2. The zero-order valence-electron chi connectivity index (χ0n) is 13.4. The molecule has 1 N–H and O–H groups in total. The van der Waals surface area contributed by atoms with E-state index in [9.17, 15) is 9.59 Å². The molecule has 1 aliphatic rings. The van der Waals surface area contributed by atoms with Crippen molar-refractivity contribution < 1.29 is 9.59 Å². The number of hydrogen-bond donors (Lipinski definition) is 1. The first-order chi connectivity index (χ1) is 11.8. The molecule has 0 bridgehead atoms. The summed E-state index contributed by atoms with van der Waals surface area (Å²) < 4.78 is 0. The number of aryl methyl sites for hydroxylation is 1. The molecular formula is C18H15Cl3N2O2. The summed E-state index contributed by atoms with van der Waals surface area (Å²) in [6.45, 7) is 2.20. The molecule has 7 heteroatoms. The highest BCUT2D eigenvalue weighted by Gasteiger charge is 2.35. The quantitative estimate of drug-likeness (QED) is 0.797. The molecule has 1 fully saturated rings. The van der Waals surface area contributed by atoms with Gasteiger partial charge in [-0.3, -0.25) is 9.59 Å². The van der Waals surface area contributed by atoms with Crippen LogP contribution < -0.4 is 10.2 Å². The van der Waals surface area contributed by atoms with Gasteiger partial charge in [0.15, 0.2) is 0 Å². The van der Waals surface area contributed by atoms with Gasteiger partial charge in [0.2, 0.25) is 11.8 Å². The predicted molar refractivity (Wildman–Crippen MR) is 102 cm³/mol. The normalized spacial score (nSPS) is 17.0. The Labute approximate surface area is 160 Å². The molecule has 1 atom stereocenters. The number of nitrogens with zero attached hydrogens (tertiary/aromatic N) is 1. The first-order valence-electron chi connectivity index (χ1n) is 7.67. The number of anilines is 2. The first kappa shape index (κ1) is 18.1. The van der Waals surface area contributed by atoms with Crippen LogP contribution in [0.3, 0.4) is 0 Å². The highest BCUT2D eigenvalue weighted by atomic mass is 35.5. The van der Waals surface area contributed by atoms with Crippen LogP contribution in [0, 0.1) is 12.8 Å². The van der Waals surface area contributed by atoms with Gasteiger partial charge in [0.25, 0.3) is 0 Å². The molecule has 130 valence electrons. The number of carbonyl (C=O) groups is 2. The lowest BCUT2D eigenvalue weighted by molar-refractivity contribution is -0.122. The second kappa shape index (κ2) is 7.24. The highest BCUT2D eigenvalue weighted by Crippen LogP contribution is 2.30. The first-order valence-corrected chi connectivity index (χ1v) is 8.80. The Kier molecular flexibility index (Phi) is 5.23. The highest BCUT2D eigenvalue weighted by molar-refractivity contribution is 6.35. The summed E-state index contributed by atoms with van der Waals surface area (Å²) in [7, 11) is 0. The number of benzene rings is 2. The van der Waals surface area contributed by atoms with Crippen molar-refractivity contribution in [1.82, 2.24) is 0 Å². The molecule has 3 rings (SSSR count). The molecule has 0 spiro atoms. The summed E-state index contributed by atoms with van der Waals surface area (Å²) >= 11 is 18.0. The third kappa shape index (κ3) is 4.09. The summed E-state index contributed by atoms with van der Waals surface area (Å²) in [6, 6.07) is 10.2. The summed E-state index contributed by atoms with van der Waals surface area (Å²) in [5.41, 5.74) is 2.14. The fourth-order valence-corrected chi connectivity index (χ4v) is 3.45. The molecule has 2 aromatic carbocycles. The number of halogens is 3. The van der Waals surface area contributed by atoms with Crippen LogP contribution in [0.15, 0.2) is 36.4 Å². The average molecular weight is 398 g/mol. The molecule has 0 unspecified atom stereocenters. The maximum Gasteiger partial charge on any atom is 0.229 e. The van der Waals surface area contributed by atoms with Crippen molar-refractivity contribution in [3.05, 3.63) is 57.0 Å². The van der Waals surface area contributed by atoms with Gasteiger partial charge in [0.05, 0.1) is 5.92 Å². The maximum atomic E-state index is 12.5. The predicted octanol–water partition coefficient (Wildman–Crippen LogP) is 4.95. The fourth-order valence-electron chi connectivity index (χ4n) is 2.75. The van der Waals surface area contributed by atoms with Crippen LogP contribution in [0.4, 0.5) is 11.4 Å². The van der Waals surface area contributed by atoms with Gasteiger partial charge in [-0.05, 0) is 42.8 Å². The van der Waals surface area contributed by atoms with Crippen molar-refractivity contribution in [1.29, 1.82) is 0 Å². The lowest BCUT2D eigenvalue weighted by Gasteiger charge is -2.17. The zero-order valence-corrected chi connectivity index (χ0v) is 15.6. The van der Waals surface area contributed by atoms with E-state index in [2.05, 4.69) is 5.32 Å². The Hall–Kier alpha value is -1.75. The van der Waals surface area contributed by atoms with Crippen molar-refractivity contribution in [3.63, 3.8) is 0 Å². The third-order valence-corrected chi connectivity index (χ3v) is 4.94. The molecular weight excluding hydrogens is 383 g/mol. The standard InChI is InChI=1S/C18H15Cl3N2O2/c1-10-2-3-15(8-16(10)21)23-9-11(4-17(23)24)18(25)22-14-6-12(19)5-13(20)7-14/h2-3,5-8,11H,4,9H2,1H3,(H,22,25)/t11-/m0/s1. The molecule has 2 aromatic rings. The van der Waals surface area contributed by atoms with Gasteiger partial charge < -0.3 is 10.2 Å². The summed E-state index contributed by atoms with van der Waals surface area (Å²) in [5.74, 6) is -0.804. The molecule has 25 heavy (non-hydrogen) atoms. The second-order valence-corrected chi connectivity index (χ2v) is 7.27. The number of amides is 2. The van der Waals surface area contributed by atoms with Crippen LogP contribution in [0.1, 0.15) is 12.0 Å². The molecule has 0 saturated carbocycles. The van der Waals surface area contributed by atoms with Crippen LogP contribution in [0.5, 0.6) is 0 Å². The topological polar surface area (TPSA) is 49.4 Å². The third-order valence-electron chi connectivity index (χ3n) is 4.09. The number of rotatable bonds is 3. The van der Waals surface area contributed by atoms with E-state index in [1.54, 1.807) is 29.2 Å². The summed E-state index contributed by atoms with van der Waals surface area (Å²) in [4.78, 5) is 26.4. The fraction of sp³-hybridized carbons (Fsp3) is 0.222. The minimum Gasteiger partial charge on any atom is -0.326 e. The SMILES string of the molecule is Cc1ccc(N2C[C@@H](C(=O)Nc3cc(Cl)cc(Cl)c3)CC2=O)cc1Cl. The van der Waals surface area contributed by atoms with E-state index in [-0.39, 0.29) is 18.2 Å². The Balaban J connectivity index is 1.73. The maximum absolute atomic E-state index is 12.5. The minimum absolute atomic E-state index is 0.107. The van der Waals surface area contributed by atoms with Crippen LogP contribution >= 0.6 is 34.8 Å². The molecule has 1 saturated heterocycles. The Morgan fingerprint density at radius 3 is 2.44 bits per heavy atom. The lowest BCUT2D eigenvalue weighted by atomic mass is 10.1. The monoisotopic (exact) mass is 396 g/mol. The molecule has 1 aliphatic heterocycles. The molecule has 0 aliphatic carbocycles. The number of carbonyl (C=O) groups excluding carboxylic acids is 2. The molecule has 2 amide bonds. The van der Waals surface area contributed by atoms with Crippen molar-refractivity contribution in [2.24, 2.45) is 5.92 Å². The Bertz CT molecular complexity index is 834. The van der Waals surface area contributed by atoms with E-state index in [1.807, 2.05) is 19.1 Å². The van der Waals surface area contributed by atoms with Gasteiger partial charge >= 0.3 is 0 Å². The van der Waals surface area contributed by atoms with Crippen molar-refractivity contribution >= 4 is 58.0 Å². The van der Waals surface area contributed by atoms with E-state index in [4.69, 9.17) is 34.8 Å². The van der Waals surface area contributed by atoms with Gasteiger partial charge in [-0.2, -0.15) is 0 Å². The minimum atomic E-state index is -0.453. The van der Waals surface area contributed by atoms with E-state index >= 15 is 0 Å². The van der Waals surface area contributed by atoms with E-state index < -0.39 is 5.92 Å². The molecule has 1 heterocycles. The second-order valence-electron chi connectivity index (χ2n) is 5.99. The van der Waals surface area contributed by atoms with Crippen molar-refractivity contribution in [3.8, 4) is 0 Å². The smallest absolute Gasteiger partial charge is 0.229 e. The van der Waals surface area contributed by atoms with Crippen LogP contribution in [-0.4, -0.2) is 18.4 Å². The number of nitrogens with one attached hydrogen (secondary N) is 1. The van der Waals surface area contributed by atoms with Gasteiger partial charge in [0.1, 0.15) is 0 Å². The van der Waals surface area contributed by atoms with E-state index in [0.29, 0.717) is 33.0 Å².